The molecule has 0 bridgehead atoms. The number of ether oxygens (including phenoxy) is 3. The Balaban J connectivity index is 1.61. The molecule has 0 aliphatic rings. The van der Waals surface area contributed by atoms with Crippen LogP contribution in [0.1, 0.15) is 10.4 Å². The average Bonchev–Trinajstić information content (AvgIpc) is 3.38. The maximum atomic E-state index is 13.3. The van der Waals surface area contributed by atoms with Gasteiger partial charge in [-0.3, -0.25) is 19.5 Å². The fourth-order valence-corrected chi connectivity index (χ4v) is 4.02. The number of anilines is 1. The Morgan fingerprint density at radius 3 is 2.33 bits per heavy atom. The van der Waals surface area contributed by atoms with Gasteiger partial charge in [-0.25, -0.2) is 4.98 Å². The quantitative estimate of drug-likeness (QED) is 0.285. The highest BCUT2D eigenvalue weighted by molar-refractivity contribution is 6.30. The number of imidazole rings is 1. The van der Waals surface area contributed by atoms with Crippen molar-refractivity contribution in [3.8, 4) is 28.4 Å². The smallest absolute Gasteiger partial charge is 0.254 e. The maximum absolute atomic E-state index is 13.3. The molecule has 0 fully saturated rings. The van der Waals surface area contributed by atoms with Gasteiger partial charge in [0, 0.05) is 41.7 Å². The highest BCUT2D eigenvalue weighted by Crippen LogP contribution is 2.26. The highest BCUT2D eigenvalue weighted by atomic mass is 35.5. The van der Waals surface area contributed by atoms with E-state index in [4.69, 9.17) is 25.8 Å². The molecule has 0 radical (unpaired) electrons. The Morgan fingerprint density at radius 1 is 0.949 bits per heavy atom. The molecule has 1 N–H and O–H groups in total. The monoisotopic (exact) mass is 548 g/mol. The van der Waals surface area contributed by atoms with Crippen molar-refractivity contribution in [1.82, 2.24) is 14.5 Å². The summed E-state index contributed by atoms with van der Waals surface area (Å²) in [4.78, 5) is 32.6. The highest BCUT2D eigenvalue weighted by Gasteiger charge is 2.21. The van der Waals surface area contributed by atoms with Crippen molar-refractivity contribution in [3.63, 3.8) is 0 Å². The van der Waals surface area contributed by atoms with Crippen LogP contribution in [0.25, 0.3) is 16.9 Å². The van der Waals surface area contributed by atoms with Gasteiger partial charge in [0.05, 0.1) is 26.5 Å². The molecule has 4 aromatic rings. The number of halogens is 1. The molecule has 0 unspecified atom stereocenters. The molecule has 3 aromatic carbocycles. The van der Waals surface area contributed by atoms with Gasteiger partial charge in [-0.05, 0) is 54.6 Å². The third-order valence-corrected chi connectivity index (χ3v) is 6.20. The third-order valence-electron chi connectivity index (χ3n) is 5.95. The summed E-state index contributed by atoms with van der Waals surface area (Å²) in [6.45, 7) is 0.290. The second kappa shape index (κ2) is 12.9. The molecule has 0 spiro atoms. The molecule has 0 aliphatic heterocycles. The van der Waals surface area contributed by atoms with Crippen molar-refractivity contribution >= 4 is 29.4 Å². The molecule has 0 atom stereocenters. The van der Waals surface area contributed by atoms with E-state index in [1.54, 1.807) is 48.1 Å². The van der Waals surface area contributed by atoms with E-state index >= 15 is 0 Å². The van der Waals surface area contributed by atoms with Crippen molar-refractivity contribution in [1.29, 1.82) is 0 Å². The first kappa shape index (κ1) is 27.7. The number of carbonyl (C=O) groups is 2. The van der Waals surface area contributed by atoms with Gasteiger partial charge in [0.25, 0.3) is 5.91 Å². The van der Waals surface area contributed by atoms with Crippen LogP contribution >= 0.6 is 11.6 Å². The number of rotatable bonds is 11. The van der Waals surface area contributed by atoms with Crippen molar-refractivity contribution in [2.45, 2.75) is 0 Å². The van der Waals surface area contributed by atoms with E-state index in [-0.39, 0.29) is 25.6 Å². The summed E-state index contributed by atoms with van der Waals surface area (Å²) in [5, 5.41) is 3.48. The standard InChI is InChI=1S/C29H29ClN4O5/c1-37-16-15-33(28(36)21-5-4-6-25(17-21)39-3)19-27(35)32-29-31-26(20-7-9-22(30)10-8-20)18-34(29)23-11-13-24(38-2)14-12-23/h4-14,17-18H,15-16,19H2,1-3H3,(H,31,32,35). The normalized spacial score (nSPS) is 10.7. The van der Waals surface area contributed by atoms with E-state index in [1.165, 1.54) is 19.1 Å². The molecule has 10 heteroatoms. The van der Waals surface area contributed by atoms with Crippen molar-refractivity contribution < 1.29 is 23.8 Å². The van der Waals surface area contributed by atoms with Crippen LogP contribution in [-0.2, 0) is 9.53 Å². The summed E-state index contributed by atoms with van der Waals surface area (Å²) in [5.41, 5.74) is 2.64. The zero-order chi connectivity index (χ0) is 27.8. The van der Waals surface area contributed by atoms with E-state index in [9.17, 15) is 9.59 Å². The van der Waals surface area contributed by atoms with Gasteiger partial charge in [0.15, 0.2) is 0 Å². The number of nitrogens with one attached hydrogen (secondary N) is 1. The van der Waals surface area contributed by atoms with Crippen LogP contribution in [0.4, 0.5) is 5.95 Å². The molecule has 1 aromatic heterocycles. The topological polar surface area (TPSA) is 94.9 Å². The number of carbonyl (C=O) groups excluding carboxylic acids is 2. The Hall–Kier alpha value is -4.34. The summed E-state index contributed by atoms with van der Waals surface area (Å²) >= 11 is 6.06. The zero-order valence-electron chi connectivity index (χ0n) is 21.9. The van der Waals surface area contributed by atoms with Gasteiger partial charge >= 0.3 is 0 Å². The first-order valence-electron chi connectivity index (χ1n) is 12.1. The molecule has 9 nitrogen and oxygen atoms in total. The lowest BCUT2D eigenvalue weighted by Gasteiger charge is -2.22. The van der Waals surface area contributed by atoms with Crippen LogP contribution in [0.15, 0.2) is 79.0 Å². The van der Waals surface area contributed by atoms with Crippen LogP contribution in [0.5, 0.6) is 11.5 Å². The third kappa shape index (κ3) is 6.95. The summed E-state index contributed by atoms with van der Waals surface area (Å²) < 4.78 is 17.5. The summed E-state index contributed by atoms with van der Waals surface area (Å²) in [5.74, 6) is 0.822. The predicted molar refractivity (Wildman–Crippen MR) is 150 cm³/mol. The van der Waals surface area contributed by atoms with E-state index in [1.807, 2.05) is 42.6 Å². The minimum Gasteiger partial charge on any atom is -0.497 e. The van der Waals surface area contributed by atoms with E-state index < -0.39 is 5.91 Å². The van der Waals surface area contributed by atoms with Crippen LogP contribution in [-0.4, -0.2) is 67.3 Å². The summed E-state index contributed by atoms with van der Waals surface area (Å²) in [6.07, 6.45) is 1.82. The van der Waals surface area contributed by atoms with E-state index in [2.05, 4.69) is 10.3 Å². The first-order valence-corrected chi connectivity index (χ1v) is 12.5. The number of amides is 2. The van der Waals surface area contributed by atoms with Gasteiger partial charge in [-0.2, -0.15) is 0 Å². The van der Waals surface area contributed by atoms with Crippen LogP contribution in [0.3, 0.4) is 0 Å². The molecule has 39 heavy (non-hydrogen) atoms. The lowest BCUT2D eigenvalue weighted by atomic mass is 10.2. The van der Waals surface area contributed by atoms with Crippen molar-refractivity contribution in [2.24, 2.45) is 0 Å². The lowest BCUT2D eigenvalue weighted by Crippen LogP contribution is -2.40. The number of hydrogen-bond donors (Lipinski definition) is 1. The molecule has 4 rings (SSSR count). The molecule has 1 heterocycles. The molecule has 0 saturated carbocycles. The van der Waals surface area contributed by atoms with Crippen LogP contribution < -0.4 is 14.8 Å². The van der Waals surface area contributed by atoms with E-state index in [0.29, 0.717) is 33.7 Å². The number of aromatic nitrogens is 2. The number of nitrogens with zero attached hydrogens (tertiary/aromatic N) is 3. The average molecular weight is 549 g/mol. The lowest BCUT2D eigenvalue weighted by molar-refractivity contribution is -0.117. The predicted octanol–water partition coefficient (Wildman–Crippen LogP) is 4.94. The Labute approximate surface area is 231 Å². The fraction of sp³-hybridized carbons (Fsp3) is 0.207. The molecule has 0 saturated heterocycles. The number of benzene rings is 3. The molecule has 2 amide bonds. The van der Waals surface area contributed by atoms with Gasteiger partial charge in [0.1, 0.15) is 18.0 Å². The van der Waals surface area contributed by atoms with Gasteiger partial charge in [0.2, 0.25) is 11.9 Å². The zero-order valence-corrected chi connectivity index (χ0v) is 22.6. The second-order valence-corrected chi connectivity index (χ2v) is 8.96. The van der Waals surface area contributed by atoms with Crippen LogP contribution in [0.2, 0.25) is 5.02 Å². The maximum Gasteiger partial charge on any atom is 0.254 e. The second-order valence-electron chi connectivity index (χ2n) is 8.52. The summed E-state index contributed by atoms with van der Waals surface area (Å²) in [6, 6.07) is 21.4. The largest absolute Gasteiger partial charge is 0.497 e. The van der Waals surface area contributed by atoms with Gasteiger partial charge < -0.3 is 19.1 Å². The first-order chi connectivity index (χ1) is 18.9. The fourth-order valence-electron chi connectivity index (χ4n) is 3.90. The minimum absolute atomic E-state index is 0.203. The van der Waals surface area contributed by atoms with E-state index in [0.717, 1.165) is 11.3 Å². The van der Waals surface area contributed by atoms with Crippen LogP contribution in [0, 0.1) is 0 Å². The Kier molecular flexibility index (Phi) is 9.19. The molecule has 202 valence electrons. The number of methoxy groups -OCH3 is 3. The molecular weight excluding hydrogens is 520 g/mol. The molecule has 0 aliphatic carbocycles. The van der Waals surface area contributed by atoms with Gasteiger partial charge in [-0.15, -0.1) is 0 Å². The minimum atomic E-state index is -0.412. The summed E-state index contributed by atoms with van der Waals surface area (Å²) in [7, 11) is 4.67. The van der Waals surface area contributed by atoms with Crippen molar-refractivity contribution in [2.75, 3.05) is 46.3 Å². The number of hydrogen-bond acceptors (Lipinski definition) is 6. The Bertz CT molecular complexity index is 1420. The van der Waals surface area contributed by atoms with Crippen molar-refractivity contribution in [3.05, 3.63) is 89.6 Å². The van der Waals surface area contributed by atoms with Gasteiger partial charge in [-0.1, -0.05) is 29.8 Å². The molecular formula is C29H29ClN4O5. The SMILES string of the molecule is COCCN(CC(=O)Nc1nc(-c2ccc(Cl)cc2)cn1-c1ccc(OC)cc1)C(=O)c1cccc(OC)c1. The Morgan fingerprint density at radius 2 is 1.67 bits per heavy atom.